The molecule has 0 aromatic heterocycles. The van der Waals surface area contributed by atoms with Crippen LogP contribution in [-0.4, -0.2) is 37.6 Å². The first-order valence-corrected chi connectivity index (χ1v) is 5.13. The van der Waals surface area contributed by atoms with Crippen LogP contribution < -0.4 is 5.32 Å². The second kappa shape index (κ2) is 4.83. The molecular weight excluding hydrogens is 148 g/mol. The lowest BCUT2D eigenvalue weighted by atomic mass is 9.90. The minimum absolute atomic E-state index is 0.774. The summed E-state index contributed by atoms with van der Waals surface area (Å²) < 4.78 is 0. The molecule has 1 aliphatic rings. The predicted molar refractivity (Wildman–Crippen MR) is 53.4 cm³/mol. The first-order chi connectivity index (χ1) is 5.74. The summed E-state index contributed by atoms with van der Waals surface area (Å²) in [5.41, 5.74) is 0. The van der Waals surface area contributed by atoms with Gasteiger partial charge >= 0.3 is 0 Å². The van der Waals surface area contributed by atoms with E-state index in [1.165, 1.54) is 25.7 Å². The molecule has 2 heteroatoms. The molecule has 0 bridgehead atoms. The van der Waals surface area contributed by atoms with Crippen molar-refractivity contribution in [3.05, 3.63) is 0 Å². The molecule has 0 aliphatic heterocycles. The van der Waals surface area contributed by atoms with Crippen LogP contribution in [0, 0.1) is 0 Å². The van der Waals surface area contributed by atoms with Crippen molar-refractivity contribution in [2.45, 2.75) is 44.7 Å². The highest BCUT2D eigenvalue weighted by Gasteiger charge is 2.21. The third-order valence-corrected chi connectivity index (χ3v) is 2.87. The van der Waals surface area contributed by atoms with Gasteiger partial charge in [-0.05, 0) is 39.9 Å². The summed E-state index contributed by atoms with van der Waals surface area (Å²) in [6.45, 7) is 3.31. The molecule has 1 N–H and O–H groups in total. The Morgan fingerprint density at radius 3 is 2.67 bits per heavy atom. The molecule has 0 heterocycles. The van der Waals surface area contributed by atoms with Crippen LogP contribution in [0.5, 0.6) is 0 Å². The number of rotatable bonds is 3. The molecule has 0 aromatic rings. The van der Waals surface area contributed by atoms with Crippen molar-refractivity contribution in [3.8, 4) is 0 Å². The van der Waals surface area contributed by atoms with E-state index in [-0.39, 0.29) is 0 Å². The second-order valence-corrected chi connectivity index (χ2v) is 4.04. The molecule has 12 heavy (non-hydrogen) atoms. The Morgan fingerprint density at radius 2 is 2.08 bits per heavy atom. The van der Waals surface area contributed by atoms with E-state index in [2.05, 4.69) is 31.2 Å². The monoisotopic (exact) mass is 170 g/mol. The fourth-order valence-electron chi connectivity index (χ4n) is 2.11. The first-order valence-electron chi connectivity index (χ1n) is 5.13. The fraction of sp³-hybridized carbons (Fsp3) is 1.00. The lowest BCUT2D eigenvalue weighted by molar-refractivity contribution is 0.200. The van der Waals surface area contributed by atoms with Gasteiger partial charge in [-0.3, -0.25) is 0 Å². The van der Waals surface area contributed by atoms with Gasteiger partial charge in [0.15, 0.2) is 0 Å². The average molecular weight is 170 g/mol. The van der Waals surface area contributed by atoms with Crippen LogP contribution in [0.25, 0.3) is 0 Å². The molecule has 1 fully saturated rings. The molecule has 2 atom stereocenters. The summed E-state index contributed by atoms with van der Waals surface area (Å²) in [6, 6.07) is 1.58. The molecule has 0 saturated heterocycles. The molecule has 0 radical (unpaired) electrons. The highest BCUT2D eigenvalue weighted by atomic mass is 15.1. The number of hydrogen-bond acceptors (Lipinski definition) is 2. The lowest BCUT2D eigenvalue weighted by Gasteiger charge is -2.33. The summed E-state index contributed by atoms with van der Waals surface area (Å²) in [7, 11) is 4.39. The number of nitrogens with one attached hydrogen (secondary N) is 1. The van der Waals surface area contributed by atoms with Gasteiger partial charge in [0.2, 0.25) is 0 Å². The maximum Gasteiger partial charge on any atom is 0.0104 e. The highest BCUT2D eigenvalue weighted by molar-refractivity contribution is 4.81. The van der Waals surface area contributed by atoms with Crippen LogP contribution in [0.4, 0.5) is 0 Å². The van der Waals surface area contributed by atoms with E-state index in [4.69, 9.17) is 0 Å². The third kappa shape index (κ3) is 2.76. The van der Waals surface area contributed by atoms with Crippen molar-refractivity contribution in [3.63, 3.8) is 0 Å². The standard InChI is InChI=1S/C10H22N2/c1-4-11-9-6-5-7-10(8-9)12(2)3/h9-11H,4-8H2,1-3H3/t9-,10+/m0/s1. The normalized spacial score (nSPS) is 31.0. The summed E-state index contributed by atoms with van der Waals surface area (Å²) in [5.74, 6) is 0. The molecule has 2 nitrogen and oxygen atoms in total. The first kappa shape index (κ1) is 10.0. The molecule has 1 aliphatic carbocycles. The third-order valence-electron chi connectivity index (χ3n) is 2.87. The van der Waals surface area contributed by atoms with Crippen molar-refractivity contribution in [1.82, 2.24) is 10.2 Å². The Labute approximate surface area is 76.3 Å². The molecule has 0 aromatic carbocycles. The van der Waals surface area contributed by atoms with Gasteiger partial charge in [-0.25, -0.2) is 0 Å². The van der Waals surface area contributed by atoms with E-state index >= 15 is 0 Å². The molecule has 72 valence electrons. The van der Waals surface area contributed by atoms with Crippen LogP contribution in [0.2, 0.25) is 0 Å². The summed E-state index contributed by atoms with van der Waals surface area (Å²) >= 11 is 0. The van der Waals surface area contributed by atoms with Crippen molar-refractivity contribution in [2.75, 3.05) is 20.6 Å². The molecule has 0 amide bonds. The Morgan fingerprint density at radius 1 is 1.33 bits per heavy atom. The van der Waals surface area contributed by atoms with Crippen LogP contribution in [0.3, 0.4) is 0 Å². The molecular formula is C10H22N2. The fourth-order valence-corrected chi connectivity index (χ4v) is 2.11. The Balaban J connectivity index is 2.30. The maximum absolute atomic E-state index is 3.54. The van der Waals surface area contributed by atoms with Gasteiger partial charge in [-0.1, -0.05) is 13.3 Å². The summed E-state index contributed by atoms with van der Waals surface area (Å²) in [6.07, 6.45) is 5.48. The minimum Gasteiger partial charge on any atom is -0.314 e. The highest BCUT2D eigenvalue weighted by Crippen LogP contribution is 2.21. The van der Waals surface area contributed by atoms with Crippen LogP contribution in [0.1, 0.15) is 32.6 Å². The second-order valence-electron chi connectivity index (χ2n) is 4.04. The quantitative estimate of drug-likeness (QED) is 0.690. The SMILES string of the molecule is CCN[C@H]1CCC[C@@H](N(C)C)C1. The van der Waals surface area contributed by atoms with Gasteiger partial charge in [0.25, 0.3) is 0 Å². The van der Waals surface area contributed by atoms with Gasteiger partial charge < -0.3 is 10.2 Å². The smallest absolute Gasteiger partial charge is 0.0104 e. The molecule has 1 rings (SSSR count). The van der Waals surface area contributed by atoms with Crippen molar-refractivity contribution in [2.24, 2.45) is 0 Å². The van der Waals surface area contributed by atoms with E-state index in [0.29, 0.717) is 0 Å². The van der Waals surface area contributed by atoms with Crippen molar-refractivity contribution < 1.29 is 0 Å². The Kier molecular flexibility index (Phi) is 4.02. The molecule has 0 spiro atoms. The number of hydrogen-bond donors (Lipinski definition) is 1. The van der Waals surface area contributed by atoms with E-state index in [9.17, 15) is 0 Å². The topological polar surface area (TPSA) is 15.3 Å². The van der Waals surface area contributed by atoms with E-state index in [0.717, 1.165) is 18.6 Å². The van der Waals surface area contributed by atoms with E-state index < -0.39 is 0 Å². The van der Waals surface area contributed by atoms with Gasteiger partial charge in [0.05, 0.1) is 0 Å². The zero-order valence-electron chi connectivity index (χ0n) is 8.64. The average Bonchev–Trinajstić information content (AvgIpc) is 2.05. The van der Waals surface area contributed by atoms with Crippen molar-refractivity contribution in [1.29, 1.82) is 0 Å². The number of nitrogens with zero attached hydrogens (tertiary/aromatic N) is 1. The zero-order valence-corrected chi connectivity index (χ0v) is 8.64. The van der Waals surface area contributed by atoms with Gasteiger partial charge in [0.1, 0.15) is 0 Å². The Hall–Kier alpha value is -0.0800. The molecule has 0 unspecified atom stereocenters. The van der Waals surface area contributed by atoms with Crippen LogP contribution in [0.15, 0.2) is 0 Å². The summed E-state index contributed by atoms with van der Waals surface area (Å²) in [4.78, 5) is 2.36. The zero-order chi connectivity index (χ0) is 8.97. The largest absolute Gasteiger partial charge is 0.314 e. The van der Waals surface area contributed by atoms with Crippen molar-refractivity contribution >= 4 is 0 Å². The predicted octanol–water partition coefficient (Wildman–Crippen LogP) is 1.47. The summed E-state index contributed by atoms with van der Waals surface area (Å²) in [5, 5.41) is 3.54. The van der Waals surface area contributed by atoms with Gasteiger partial charge in [0, 0.05) is 12.1 Å². The Bertz CT molecular complexity index is 121. The minimum atomic E-state index is 0.774. The van der Waals surface area contributed by atoms with E-state index in [1.54, 1.807) is 0 Å². The molecule has 1 saturated carbocycles. The van der Waals surface area contributed by atoms with Gasteiger partial charge in [-0.2, -0.15) is 0 Å². The van der Waals surface area contributed by atoms with E-state index in [1.807, 2.05) is 0 Å². The van der Waals surface area contributed by atoms with Crippen LogP contribution in [-0.2, 0) is 0 Å². The maximum atomic E-state index is 3.54. The van der Waals surface area contributed by atoms with Crippen LogP contribution >= 0.6 is 0 Å². The lowest BCUT2D eigenvalue weighted by Crippen LogP contribution is -2.41. The van der Waals surface area contributed by atoms with Gasteiger partial charge in [-0.15, -0.1) is 0 Å².